The van der Waals surface area contributed by atoms with Crippen molar-refractivity contribution in [2.24, 2.45) is 17.8 Å². The van der Waals surface area contributed by atoms with Gasteiger partial charge >= 0.3 is 5.97 Å². The van der Waals surface area contributed by atoms with Gasteiger partial charge in [0.1, 0.15) is 0 Å². The maximum Gasteiger partial charge on any atom is 0.311 e. The van der Waals surface area contributed by atoms with Crippen molar-refractivity contribution in [1.29, 1.82) is 0 Å². The molecule has 2 fully saturated rings. The Morgan fingerprint density at radius 1 is 1.17 bits per heavy atom. The number of aliphatic hydroxyl groups excluding tert-OH is 1. The first-order valence-corrected chi connectivity index (χ1v) is 10.7. The van der Waals surface area contributed by atoms with E-state index in [1.165, 1.54) is 18.2 Å². The van der Waals surface area contributed by atoms with E-state index >= 15 is 0 Å². The maximum absolute atomic E-state index is 12.8. The van der Waals surface area contributed by atoms with Gasteiger partial charge < -0.3 is 24.1 Å². The molecule has 1 aromatic rings. The molecule has 166 valence electrons. The Morgan fingerprint density at radius 2 is 1.87 bits per heavy atom. The van der Waals surface area contributed by atoms with Gasteiger partial charge in [-0.05, 0) is 61.3 Å². The van der Waals surface area contributed by atoms with E-state index in [1.807, 2.05) is 0 Å². The highest BCUT2D eigenvalue weighted by molar-refractivity contribution is 5.74. The van der Waals surface area contributed by atoms with E-state index in [4.69, 9.17) is 18.9 Å². The molecule has 0 spiro atoms. The summed E-state index contributed by atoms with van der Waals surface area (Å²) in [7, 11) is 6.29. The minimum Gasteiger partial charge on any atom is -0.493 e. The summed E-state index contributed by atoms with van der Waals surface area (Å²) in [6.45, 7) is 4.04. The molecule has 0 bridgehead atoms. The fourth-order valence-electron chi connectivity index (χ4n) is 6.22. The third kappa shape index (κ3) is 3.18. The molecule has 3 aliphatic rings. The van der Waals surface area contributed by atoms with Crippen LogP contribution in [0.3, 0.4) is 0 Å². The van der Waals surface area contributed by atoms with Crippen LogP contribution in [0.1, 0.15) is 30.9 Å². The van der Waals surface area contributed by atoms with E-state index in [-0.39, 0.29) is 23.3 Å². The maximum atomic E-state index is 12.8. The highest BCUT2D eigenvalue weighted by atomic mass is 16.5. The number of esters is 1. The van der Waals surface area contributed by atoms with Gasteiger partial charge in [0.15, 0.2) is 11.5 Å². The molecule has 0 amide bonds. The zero-order chi connectivity index (χ0) is 21.6. The summed E-state index contributed by atoms with van der Waals surface area (Å²) in [5, 5.41) is 10.7. The van der Waals surface area contributed by atoms with Gasteiger partial charge in [-0.25, -0.2) is 0 Å². The first-order valence-electron chi connectivity index (χ1n) is 10.7. The second-order valence-electron chi connectivity index (χ2n) is 9.01. The van der Waals surface area contributed by atoms with Crippen molar-refractivity contribution < 1.29 is 28.8 Å². The summed E-state index contributed by atoms with van der Waals surface area (Å²) in [6.07, 6.45) is 1.18. The van der Waals surface area contributed by atoms with Crippen LogP contribution in [0.5, 0.6) is 11.5 Å². The third-order valence-electron chi connectivity index (χ3n) is 7.72. The lowest BCUT2D eigenvalue weighted by Gasteiger charge is -2.57. The molecule has 0 radical (unpaired) electrons. The summed E-state index contributed by atoms with van der Waals surface area (Å²) in [4.78, 5) is 15.3. The van der Waals surface area contributed by atoms with Gasteiger partial charge in [-0.1, -0.05) is 0 Å². The Morgan fingerprint density at radius 3 is 2.50 bits per heavy atom. The molecule has 5 unspecified atom stereocenters. The normalized spacial score (nSPS) is 35.6. The van der Waals surface area contributed by atoms with Crippen LogP contribution in [0.2, 0.25) is 0 Å². The van der Waals surface area contributed by atoms with Crippen molar-refractivity contribution in [1.82, 2.24) is 4.90 Å². The molecule has 2 aliphatic heterocycles. The average Bonchev–Trinajstić information content (AvgIpc) is 2.75. The monoisotopic (exact) mass is 419 g/mol. The van der Waals surface area contributed by atoms with Crippen molar-refractivity contribution >= 4 is 5.97 Å². The molecule has 1 aromatic carbocycles. The van der Waals surface area contributed by atoms with Crippen LogP contribution in [0.4, 0.5) is 0 Å². The summed E-state index contributed by atoms with van der Waals surface area (Å²) in [6, 6.07) is 4.18. The summed E-state index contributed by atoms with van der Waals surface area (Å²) in [5.41, 5.74) is 2.26. The number of carbonyl (C=O) groups is 1. The lowest BCUT2D eigenvalue weighted by molar-refractivity contribution is -0.180. The molecular weight excluding hydrogens is 386 g/mol. The fraction of sp³-hybridized carbons (Fsp3) is 0.696. The van der Waals surface area contributed by atoms with E-state index in [0.717, 1.165) is 37.4 Å². The molecule has 2 heterocycles. The Balaban J connectivity index is 1.76. The topological polar surface area (TPSA) is 77.5 Å². The molecule has 7 nitrogen and oxygen atoms in total. The van der Waals surface area contributed by atoms with Gasteiger partial charge in [-0.2, -0.15) is 0 Å². The number of rotatable bonds is 4. The average molecular weight is 420 g/mol. The van der Waals surface area contributed by atoms with Crippen LogP contribution in [-0.2, 0) is 26.2 Å². The van der Waals surface area contributed by atoms with Gasteiger partial charge in [0.2, 0.25) is 0 Å². The van der Waals surface area contributed by atoms with Gasteiger partial charge in [0, 0.05) is 25.7 Å². The van der Waals surface area contributed by atoms with Crippen molar-refractivity contribution in [2.45, 2.75) is 43.9 Å². The van der Waals surface area contributed by atoms with Gasteiger partial charge in [0.25, 0.3) is 0 Å². The molecule has 1 saturated heterocycles. The highest BCUT2D eigenvalue weighted by Gasteiger charge is 2.56. The third-order valence-corrected chi connectivity index (χ3v) is 7.72. The molecule has 1 aliphatic carbocycles. The number of hydrogen-bond acceptors (Lipinski definition) is 7. The van der Waals surface area contributed by atoms with Crippen molar-refractivity contribution in [2.75, 3.05) is 41.5 Å². The SMILES string of the molecule is COC(=O)C1C2C[C@]3(C)c4cc(OC)c(OC)cc4CCN3CC2CC(O)C1OC. The highest BCUT2D eigenvalue weighted by Crippen LogP contribution is 2.53. The van der Waals surface area contributed by atoms with E-state index in [9.17, 15) is 9.90 Å². The molecular formula is C23H33NO6. The second-order valence-corrected chi connectivity index (χ2v) is 9.01. The number of ether oxygens (including phenoxy) is 4. The summed E-state index contributed by atoms with van der Waals surface area (Å²) < 4.78 is 21.8. The van der Waals surface area contributed by atoms with Crippen LogP contribution in [0, 0.1) is 17.8 Å². The number of carbonyl (C=O) groups excluding carboxylic acids is 1. The Hall–Kier alpha value is -1.83. The number of methoxy groups -OCH3 is 4. The summed E-state index contributed by atoms with van der Waals surface area (Å²) >= 11 is 0. The number of aliphatic hydroxyl groups is 1. The first kappa shape index (κ1) is 21.4. The number of benzene rings is 1. The molecule has 0 aromatic heterocycles. The van der Waals surface area contributed by atoms with Crippen LogP contribution < -0.4 is 9.47 Å². The second kappa shape index (κ2) is 8.02. The number of nitrogens with zero attached hydrogens (tertiary/aromatic N) is 1. The van der Waals surface area contributed by atoms with Crippen LogP contribution in [0.25, 0.3) is 0 Å². The minimum atomic E-state index is -0.661. The van der Waals surface area contributed by atoms with Gasteiger partial charge in [0.05, 0.1) is 39.5 Å². The lowest BCUT2D eigenvalue weighted by Crippen LogP contribution is -2.62. The smallest absolute Gasteiger partial charge is 0.311 e. The Kier molecular flexibility index (Phi) is 5.72. The zero-order valence-electron chi connectivity index (χ0n) is 18.5. The van der Waals surface area contributed by atoms with E-state index in [1.54, 1.807) is 21.3 Å². The number of fused-ring (bicyclic) bond motifs is 4. The predicted molar refractivity (Wildman–Crippen MR) is 111 cm³/mol. The quantitative estimate of drug-likeness (QED) is 0.748. The Bertz CT molecular complexity index is 813. The van der Waals surface area contributed by atoms with Gasteiger partial charge in [-0.15, -0.1) is 0 Å². The molecule has 7 heteroatoms. The van der Waals surface area contributed by atoms with Crippen LogP contribution in [-0.4, -0.2) is 69.7 Å². The lowest BCUT2D eigenvalue weighted by atomic mass is 9.60. The Labute approximate surface area is 178 Å². The minimum absolute atomic E-state index is 0.0751. The number of piperidine rings is 1. The molecule has 6 atom stereocenters. The van der Waals surface area contributed by atoms with E-state index in [0.29, 0.717) is 6.42 Å². The molecule has 4 rings (SSSR count). The van der Waals surface area contributed by atoms with Crippen molar-refractivity contribution in [3.05, 3.63) is 23.3 Å². The van der Waals surface area contributed by atoms with E-state index < -0.39 is 18.1 Å². The molecule has 1 saturated carbocycles. The van der Waals surface area contributed by atoms with Crippen LogP contribution in [0.15, 0.2) is 12.1 Å². The zero-order valence-corrected chi connectivity index (χ0v) is 18.5. The standard InChI is InChI=1S/C23H33NO6/c1-23-11-15-14(8-17(25)21(29-4)20(15)22(26)30-5)12-24(23)7-6-13-9-18(27-2)19(28-3)10-16(13)23/h9-10,14-15,17,20-21,25H,6-8,11-12H2,1-5H3/t14?,15?,17?,20?,21?,23-/m1/s1. The van der Waals surface area contributed by atoms with Crippen molar-refractivity contribution in [3.8, 4) is 11.5 Å². The number of hydrogen-bond donors (Lipinski definition) is 1. The predicted octanol–water partition coefficient (Wildman–Crippen LogP) is 1.98. The van der Waals surface area contributed by atoms with Crippen molar-refractivity contribution in [3.63, 3.8) is 0 Å². The largest absolute Gasteiger partial charge is 0.493 e. The fourth-order valence-corrected chi connectivity index (χ4v) is 6.22. The first-order chi connectivity index (χ1) is 14.4. The van der Waals surface area contributed by atoms with Gasteiger partial charge in [-0.3, -0.25) is 9.69 Å². The summed E-state index contributed by atoms with van der Waals surface area (Å²) in [5.74, 6) is 1.00. The van der Waals surface area contributed by atoms with Crippen LogP contribution >= 0.6 is 0 Å². The molecule has 1 N–H and O–H groups in total. The van der Waals surface area contributed by atoms with E-state index in [2.05, 4.69) is 24.0 Å². The molecule has 30 heavy (non-hydrogen) atoms.